The molecule has 0 aliphatic carbocycles. The van der Waals surface area contributed by atoms with Crippen molar-refractivity contribution >= 4 is 23.4 Å². The van der Waals surface area contributed by atoms with Crippen LogP contribution >= 0.6 is 0 Å². The Hall–Kier alpha value is -4.14. The van der Waals surface area contributed by atoms with Crippen LogP contribution in [0.4, 0.5) is 14.5 Å². The van der Waals surface area contributed by atoms with E-state index in [0.29, 0.717) is 5.56 Å². The van der Waals surface area contributed by atoms with Crippen LogP contribution in [0.2, 0.25) is 0 Å². The number of nitrogens with one attached hydrogen (secondary N) is 2. The Labute approximate surface area is 202 Å². The molecule has 0 aliphatic heterocycles. The molecule has 0 unspecified atom stereocenters. The van der Waals surface area contributed by atoms with Crippen molar-refractivity contribution in [1.82, 2.24) is 15.2 Å². The van der Waals surface area contributed by atoms with Gasteiger partial charge < -0.3 is 15.5 Å². The molecular weight excluding hydrogens is 454 g/mol. The van der Waals surface area contributed by atoms with E-state index in [1.165, 1.54) is 42.7 Å². The van der Waals surface area contributed by atoms with E-state index in [2.05, 4.69) is 15.6 Å². The minimum Gasteiger partial charge on any atom is -0.349 e. The zero-order chi connectivity index (χ0) is 25.6. The van der Waals surface area contributed by atoms with Crippen molar-refractivity contribution in [3.8, 4) is 0 Å². The van der Waals surface area contributed by atoms with Crippen molar-refractivity contribution in [3.05, 3.63) is 95.8 Å². The van der Waals surface area contributed by atoms with Crippen molar-refractivity contribution in [2.45, 2.75) is 38.9 Å². The number of pyridine rings is 1. The second-order valence-electron chi connectivity index (χ2n) is 8.92. The standard InChI is InChI=1S/C26H26F2N4O3/c1-26(2,3)31-23(33)22(20-8-4-5-9-21(20)28)32(16-17-7-6-14-29-15-17)25(35)24(34)30-19-12-10-18(27)11-13-19/h4-15,22H,16H2,1-3H3,(H,30,34)(H,31,33)/t22-/m1/s1. The maximum absolute atomic E-state index is 14.9. The first-order valence-corrected chi connectivity index (χ1v) is 10.9. The summed E-state index contributed by atoms with van der Waals surface area (Å²) in [5, 5.41) is 5.18. The molecule has 0 saturated carbocycles. The number of anilines is 1. The maximum Gasteiger partial charge on any atom is 0.313 e. The molecule has 3 rings (SSSR count). The van der Waals surface area contributed by atoms with Gasteiger partial charge in [0.1, 0.15) is 17.7 Å². The number of rotatable bonds is 6. The predicted octanol–water partition coefficient (Wildman–Crippen LogP) is 3.98. The number of hydrogen-bond acceptors (Lipinski definition) is 4. The fraction of sp³-hybridized carbons (Fsp3) is 0.231. The van der Waals surface area contributed by atoms with Gasteiger partial charge >= 0.3 is 11.8 Å². The highest BCUT2D eigenvalue weighted by Crippen LogP contribution is 2.27. The average Bonchev–Trinajstić information content (AvgIpc) is 2.80. The molecule has 9 heteroatoms. The van der Waals surface area contributed by atoms with Crippen molar-refractivity contribution < 1.29 is 23.2 Å². The zero-order valence-electron chi connectivity index (χ0n) is 19.6. The van der Waals surface area contributed by atoms with Crippen LogP contribution < -0.4 is 10.6 Å². The van der Waals surface area contributed by atoms with E-state index in [9.17, 15) is 23.2 Å². The molecule has 1 aromatic heterocycles. The first kappa shape index (κ1) is 25.5. The summed E-state index contributed by atoms with van der Waals surface area (Å²) in [7, 11) is 0. The summed E-state index contributed by atoms with van der Waals surface area (Å²) in [6, 6.07) is 12.3. The number of benzene rings is 2. The molecular formula is C26H26F2N4O3. The van der Waals surface area contributed by atoms with Gasteiger partial charge in [0.15, 0.2) is 0 Å². The average molecular weight is 481 g/mol. The van der Waals surface area contributed by atoms with Crippen LogP contribution in [0.3, 0.4) is 0 Å². The lowest BCUT2D eigenvalue weighted by atomic mass is 10.00. The molecule has 7 nitrogen and oxygen atoms in total. The van der Waals surface area contributed by atoms with Crippen molar-refractivity contribution in [2.24, 2.45) is 0 Å². The summed E-state index contributed by atoms with van der Waals surface area (Å²) in [5.41, 5.74) is -0.0472. The van der Waals surface area contributed by atoms with Crippen LogP contribution in [0.15, 0.2) is 73.1 Å². The number of carbonyl (C=O) groups excluding carboxylic acids is 3. The minimum absolute atomic E-state index is 0.0685. The second-order valence-corrected chi connectivity index (χ2v) is 8.92. The number of carbonyl (C=O) groups is 3. The summed E-state index contributed by atoms with van der Waals surface area (Å²) in [6.07, 6.45) is 3.02. The van der Waals surface area contributed by atoms with E-state index < -0.39 is 40.9 Å². The smallest absolute Gasteiger partial charge is 0.313 e. The Morgan fingerprint density at radius 3 is 2.26 bits per heavy atom. The third-order valence-electron chi connectivity index (χ3n) is 4.89. The number of halogens is 2. The molecule has 3 amide bonds. The lowest BCUT2D eigenvalue weighted by Crippen LogP contribution is -2.51. The van der Waals surface area contributed by atoms with Gasteiger partial charge in [0.2, 0.25) is 5.91 Å². The molecule has 0 saturated heterocycles. The lowest BCUT2D eigenvalue weighted by molar-refractivity contribution is -0.148. The van der Waals surface area contributed by atoms with Gasteiger partial charge in [-0.2, -0.15) is 0 Å². The van der Waals surface area contributed by atoms with Gasteiger partial charge in [0, 0.05) is 35.7 Å². The van der Waals surface area contributed by atoms with Crippen molar-refractivity contribution in [3.63, 3.8) is 0 Å². The summed E-state index contributed by atoms with van der Waals surface area (Å²) in [4.78, 5) is 44.8. The van der Waals surface area contributed by atoms with Crippen LogP contribution in [0, 0.1) is 11.6 Å². The molecule has 0 radical (unpaired) electrons. The molecule has 35 heavy (non-hydrogen) atoms. The number of aromatic nitrogens is 1. The highest BCUT2D eigenvalue weighted by atomic mass is 19.1. The highest BCUT2D eigenvalue weighted by Gasteiger charge is 2.37. The van der Waals surface area contributed by atoms with Crippen molar-refractivity contribution in [2.75, 3.05) is 5.32 Å². The molecule has 1 heterocycles. The van der Waals surface area contributed by atoms with Gasteiger partial charge in [-0.15, -0.1) is 0 Å². The molecule has 0 aliphatic rings. The molecule has 1 atom stereocenters. The summed E-state index contributed by atoms with van der Waals surface area (Å²) in [5.74, 6) is -4.01. The van der Waals surface area contributed by atoms with Gasteiger partial charge in [0.05, 0.1) is 0 Å². The van der Waals surface area contributed by atoms with E-state index in [1.807, 2.05) is 0 Å². The largest absolute Gasteiger partial charge is 0.349 e. The van der Waals surface area contributed by atoms with Crippen LogP contribution in [0.5, 0.6) is 0 Å². The molecule has 3 aromatic rings. The van der Waals surface area contributed by atoms with E-state index >= 15 is 0 Å². The van der Waals surface area contributed by atoms with Crippen LogP contribution in [0.25, 0.3) is 0 Å². The fourth-order valence-corrected chi connectivity index (χ4v) is 3.40. The van der Waals surface area contributed by atoms with Gasteiger partial charge in [-0.1, -0.05) is 24.3 Å². The predicted molar refractivity (Wildman–Crippen MR) is 127 cm³/mol. The summed E-state index contributed by atoms with van der Waals surface area (Å²) < 4.78 is 28.1. The number of hydrogen-bond donors (Lipinski definition) is 2. The Kier molecular flexibility index (Phi) is 7.91. The Morgan fingerprint density at radius 2 is 1.66 bits per heavy atom. The molecule has 182 valence electrons. The van der Waals surface area contributed by atoms with Gasteiger partial charge in [-0.3, -0.25) is 19.4 Å². The van der Waals surface area contributed by atoms with Crippen LogP contribution in [-0.2, 0) is 20.9 Å². The fourth-order valence-electron chi connectivity index (χ4n) is 3.40. The maximum atomic E-state index is 14.9. The SMILES string of the molecule is CC(C)(C)NC(=O)[C@@H](c1ccccc1F)N(Cc1cccnc1)C(=O)C(=O)Nc1ccc(F)cc1. The van der Waals surface area contributed by atoms with E-state index in [0.717, 1.165) is 17.0 Å². The van der Waals surface area contributed by atoms with E-state index in [1.54, 1.807) is 39.0 Å². The van der Waals surface area contributed by atoms with Crippen molar-refractivity contribution in [1.29, 1.82) is 0 Å². The summed E-state index contributed by atoms with van der Waals surface area (Å²) in [6.45, 7) is 5.05. The number of nitrogens with zero attached hydrogens (tertiary/aromatic N) is 2. The topological polar surface area (TPSA) is 91.4 Å². The summed E-state index contributed by atoms with van der Waals surface area (Å²) >= 11 is 0. The van der Waals surface area contributed by atoms with Crippen LogP contribution in [-0.4, -0.2) is 33.1 Å². The molecule has 2 aromatic carbocycles. The van der Waals surface area contributed by atoms with Gasteiger partial charge in [-0.05, 0) is 62.7 Å². The first-order valence-electron chi connectivity index (χ1n) is 10.9. The lowest BCUT2D eigenvalue weighted by Gasteiger charge is -2.33. The monoisotopic (exact) mass is 480 g/mol. The van der Waals surface area contributed by atoms with Crippen LogP contribution in [0.1, 0.15) is 37.9 Å². The number of amides is 3. The van der Waals surface area contributed by atoms with Gasteiger partial charge in [-0.25, -0.2) is 8.78 Å². The molecule has 0 fully saturated rings. The Balaban J connectivity index is 2.04. The third-order valence-corrected chi connectivity index (χ3v) is 4.89. The first-order chi connectivity index (χ1) is 16.5. The van der Waals surface area contributed by atoms with E-state index in [4.69, 9.17) is 0 Å². The zero-order valence-corrected chi connectivity index (χ0v) is 19.6. The highest BCUT2D eigenvalue weighted by molar-refractivity contribution is 6.39. The quantitative estimate of drug-likeness (QED) is 0.522. The van der Waals surface area contributed by atoms with Gasteiger partial charge in [0.25, 0.3) is 0 Å². The van der Waals surface area contributed by atoms with E-state index in [-0.39, 0.29) is 17.8 Å². The Morgan fingerprint density at radius 1 is 0.971 bits per heavy atom. The molecule has 2 N–H and O–H groups in total. The minimum atomic E-state index is -1.46. The second kappa shape index (κ2) is 10.9. The molecule has 0 spiro atoms. The normalized spacial score (nSPS) is 11.9. The Bertz CT molecular complexity index is 1200. The third kappa shape index (κ3) is 6.92. The molecule has 0 bridgehead atoms.